The molecule has 16 heavy (non-hydrogen) atoms. The number of fused-ring (bicyclic) bond motifs is 1. The Labute approximate surface area is 94.2 Å². The van der Waals surface area contributed by atoms with Crippen molar-refractivity contribution in [3.05, 3.63) is 46.3 Å². The zero-order chi connectivity index (χ0) is 11.0. The van der Waals surface area contributed by atoms with E-state index in [2.05, 4.69) is 9.97 Å². The summed E-state index contributed by atoms with van der Waals surface area (Å²) in [6, 6.07) is 7.09. The molecule has 0 unspecified atom stereocenters. The van der Waals surface area contributed by atoms with E-state index >= 15 is 0 Å². The molecule has 0 amide bonds. The van der Waals surface area contributed by atoms with E-state index in [1.165, 1.54) is 11.3 Å². The highest BCUT2D eigenvalue weighted by molar-refractivity contribution is 7.12. The number of benzene rings is 1. The lowest BCUT2D eigenvalue weighted by Crippen LogP contribution is -2.02. The van der Waals surface area contributed by atoms with Crippen molar-refractivity contribution in [2.45, 2.75) is 0 Å². The van der Waals surface area contributed by atoms with Crippen molar-refractivity contribution in [2.24, 2.45) is 0 Å². The van der Waals surface area contributed by atoms with Crippen LogP contribution in [-0.4, -0.2) is 9.97 Å². The Hall–Kier alpha value is -2.01. The molecule has 0 N–H and O–H groups in total. The van der Waals surface area contributed by atoms with Crippen molar-refractivity contribution in [2.75, 3.05) is 0 Å². The summed E-state index contributed by atoms with van der Waals surface area (Å²) in [6.45, 7) is 0. The van der Waals surface area contributed by atoms with Crippen molar-refractivity contribution in [3.8, 4) is 10.9 Å². The topological polar surface area (TPSA) is 56.0 Å². The minimum Gasteiger partial charge on any atom is -0.400 e. The standard InChI is InChI=1S/C11H6N2O2S/c14-11-7-3-1-2-4-8(7)13-9(15-11)10-12-5-6-16-10/h1-6H. The van der Waals surface area contributed by atoms with Crippen LogP contribution >= 0.6 is 11.3 Å². The first kappa shape index (κ1) is 9.23. The number of para-hydroxylation sites is 1. The maximum Gasteiger partial charge on any atom is 0.347 e. The summed E-state index contributed by atoms with van der Waals surface area (Å²) in [7, 11) is 0. The van der Waals surface area contributed by atoms with Gasteiger partial charge in [-0.3, -0.25) is 0 Å². The molecular weight excluding hydrogens is 224 g/mol. The van der Waals surface area contributed by atoms with E-state index in [0.29, 0.717) is 15.9 Å². The Bertz CT molecular complexity index is 689. The fraction of sp³-hybridized carbons (Fsp3) is 0. The summed E-state index contributed by atoms with van der Waals surface area (Å²) in [4.78, 5) is 20.0. The zero-order valence-electron chi connectivity index (χ0n) is 8.08. The largest absolute Gasteiger partial charge is 0.400 e. The molecule has 0 saturated heterocycles. The average molecular weight is 230 g/mol. The van der Waals surface area contributed by atoms with Crippen LogP contribution in [0.25, 0.3) is 21.8 Å². The lowest BCUT2D eigenvalue weighted by atomic mass is 10.2. The van der Waals surface area contributed by atoms with Gasteiger partial charge in [0.15, 0.2) is 5.01 Å². The van der Waals surface area contributed by atoms with Crippen LogP contribution in [0.1, 0.15) is 0 Å². The van der Waals surface area contributed by atoms with Crippen LogP contribution in [0, 0.1) is 0 Å². The molecule has 0 spiro atoms. The van der Waals surface area contributed by atoms with Gasteiger partial charge in [-0.1, -0.05) is 12.1 Å². The molecule has 0 radical (unpaired) electrons. The lowest BCUT2D eigenvalue weighted by Gasteiger charge is -1.97. The summed E-state index contributed by atoms with van der Waals surface area (Å²) in [5.74, 6) is 0.277. The number of hydrogen-bond donors (Lipinski definition) is 0. The van der Waals surface area contributed by atoms with E-state index in [1.54, 1.807) is 24.4 Å². The van der Waals surface area contributed by atoms with E-state index < -0.39 is 0 Å². The second kappa shape index (κ2) is 3.53. The van der Waals surface area contributed by atoms with Crippen LogP contribution in [0.2, 0.25) is 0 Å². The van der Waals surface area contributed by atoms with E-state index in [9.17, 15) is 4.79 Å². The van der Waals surface area contributed by atoms with Gasteiger partial charge in [-0.2, -0.15) is 0 Å². The lowest BCUT2D eigenvalue weighted by molar-refractivity contribution is 0.518. The average Bonchev–Trinajstić information content (AvgIpc) is 2.82. The van der Waals surface area contributed by atoms with Gasteiger partial charge in [0.1, 0.15) is 0 Å². The second-order valence-corrected chi connectivity index (χ2v) is 4.06. The van der Waals surface area contributed by atoms with E-state index in [-0.39, 0.29) is 11.5 Å². The van der Waals surface area contributed by atoms with Crippen molar-refractivity contribution in [1.29, 1.82) is 0 Å². The van der Waals surface area contributed by atoms with Crippen molar-refractivity contribution >= 4 is 22.2 Å². The SMILES string of the molecule is O=c1oc(-c2nccs2)nc2ccccc12. The molecule has 0 saturated carbocycles. The van der Waals surface area contributed by atoms with Gasteiger partial charge in [-0.15, -0.1) is 11.3 Å². The predicted octanol–water partition coefficient (Wildman–Crippen LogP) is 2.31. The number of thiazole rings is 1. The summed E-state index contributed by atoms with van der Waals surface area (Å²) in [5, 5.41) is 2.91. The summed E-state index contributed by atoms with van der Waals surface area (Å²) in [5.41, 5.74) is 0.250. The molecule has 4 nitrogen and oxygen atoms in total. The molecular formula is C11H6N2O2S. The number of rotatable bonds is 1. The minimum atomic E-state index is -0.379. The van der Waals surface area contributed by atoms with Crippen LogP contribution in [0.5, 0.6) is 0 Å². The van der Waals surface area contributed by atoms with Crippen LogP contribution in [0.4, 0.5) is 0 Å². The van der Waals surface area contributed by atoms with Crippen LogP contribution in [0.15, 0.2) is 45.1 Å². The van der Waals surface area contributed by atoms with Gasteiger partial charge < -0.3 is 4.42 Å². The number of nitrogens with zero attached hydrogens (tertiary/aromatic N) is 2. The monoisotopic (exact) mass is 230 g/mol. The molecule has 78 valence electrons. The molecule has 0 bridgehead atoms. The van der Waals surface area contributed by atoms with Gasteiger partial charge in [0.2, 0.25) is 0 Å². The molecule has 3 rings (SSSR count). The minimum absolute atomic E-state index is 0.277. The molecule has 5 heteroatoms. The highest BCUT2D eigenvalue weighted by atomic mass is 32.1. The fourth-order valence-corrected chi connectivity index (χ4v) is 2.00. The van der Waals surface area contributed by atoms with Gasteiger partial charge in [-0.05, 0) is 12.1 Å². The summed E-state index contributed by atoms with van der Waals surface area (Å²) >= 11 is 1.39. The molecule has 0 aliphatic rings. The Morgan fingerprint density at radius 2 is 2.12 bits per heavy atom. The Balaban J connectivity index is 2.34. The molecule has 1 aromatic carbocycles. The third-order valence-electron chi connectivity index (χ3n) is 2.15. The van der Waals surface area contributed by atoms with Crippen molar-refractivity contribution in [1.82, 2.24) is 9.97 Å². The van der Waals surface area contributed by atoms with E-state index in [4.69, 9.17) is 4.42 Å². The second-order valence-electron chi connectivity index (χ2n) is 3.16. The van der Waals surface area contributed by atoms with Crippen LogP contribution in [0.3, 0.4) is 0 Å². The highest BCUT2D eigenvalue weighted by Crippen LogP contribution is 2.19. The third kappa shape index (κ3) is 1.42. The van der Waals surface area contributed by atoms with Gasteiger partial charge in [0, 0.05) is 11.6 Å². The first-order valence-corrected chi connectivity index (χ1v) is 5.52. The Kier molecular flexibility index (Phi) is 2.04. The molecule has 0 aliphatic carbocycles. The normalized spacial score (nSPS) is 10.8. The Morgan fingerprint density at radius 3 is 2.94 bits per heavy atom. The van der Waals surface area contributed by atoms with Gasteiger partial charge in [0.05, 0.1) is 10.9 Å². The summed E-state index contributed by atoms with van der Waals surface area (Å²) < 4.78 is 5.12. The molecule has 3 aromatic rings. The molecule has 0 fully saturated rings. The maximum absolute atomic E-state index is 11.7. The first-order chi connectivity index (χ1) is 7.84. The quantitative estimate of drug-likeness (QED) is 0.643. The van der Waals surface area contributed by atoms with Gasteiger partial charge in [-0.25, -0.2) is 14.8 Å². The molecule has 0 atom stereocenters. The van der Waals surface area contributed by atoms with E-state index in [0.717, 1.165) is 0 Å². The smallest absolute Gasteiger partial charge is 0.347 e. The van der Waals surface area contributed by atoms with E-state index in [1.807, 2.05) is 11.4 Å². The van der Waals surface area contributed by atoms with Crippen LogP contribution < -0.4 is 5.63 Å². The highest BCUT2D eigenvalue weighted by Gasteiger charge is 2.09. The third-order valence-corrected chi connectivity index (χ3v) is 2.91. The van der Waals surface area contributed by atoms with Crippen molar-refractivity contribution in [3.63, 3.8) is 0 Å². The molecule has 2 heterocycles. The molecule has 0 aliphatic heterocycles. The predicted molar refractivity (Wildman–Crippen MR) is 61.4 cm³/mol. The summed E-state index contributed by atoms with van der Waals surface area (Å²) in [6.07, 6.45) is 1.65. The Morgan fingerprint density at radius 1 is 1.25 bits per heavy atom. The first-order valence-electron chi connectivity index (χ1n) is 4.64. The fourth-order valence-electron chi connectivity index (χ4n) is 1.44. The van der Waals surface area contributed by atoms with Gasteiger partial charge in [0.25, 0.3) is 5.89 Å². The zero-order valence-corrected chi connectivity index (χ0v) is 8.90. The number of hydrogen-bond acceptors (Lipinski definition) is 5. The van der Waals surface area contributed by atoms with Gasteiger partial charge >= 0.3 is 5.63 Å². The molecule has 2 aromatic heterocycles. The maximum atomic E-state index is 11.7. The van der Waals surface area contributed by atoms with Crippen molar-refractivity contribution < 1.29 is 4.42 Å². The van der Waals surface area contributed by atoms with Crippen LogP contribution in [-0.2, 0) is 0 Å². The number of aromatic nitrogens is 2.